The highest BCUT2D eigenvalue weighted by molar-refractivity contribution is 7.93. The number of hydrogen-bond acceptors (Lipinski definition) is 6. The first kappa shape index (κ1) is 21.9. The van der Waals surface area contributed by atoms with E-state index in [1.54, 1.807) is 24.3 Å². The van der Waals surface area contributed by atoms with Gasteiger partial charge in [-0.2, -0.15) is 0 Å². The highest BCUT2D eigenvalue weighted by atomic mass is 35.5. The summed E-state index contributed by atoms with van der Waals surface area (Å²) < 4.78 is 35.9. The Balaban J connectivity index is 1.69. The first-order valence-corrected chi connectivity index (χ1v) is 11.2. The summed E-state index contributed by atoms with van der Waals surface area (Å²) in [6.45, 7) is 1.79. The Morgan fingerprint density at radius 3 is 2.63 bits per heavy atom. The van der Waals surface area contributed by atoms with E-state index in [0.29, 0.717) is 35.1 Å². The van der Waals surface area contributed by atoms with Crippen molar-refractivity contribution in [1.82, 2.24) is 0 Å². The zero-order valence-corrected chi connectivity index (χ0v) is 18.0. The normalized spacial score (nSPS) is 16.0. The molecule has 0 aromatic heterocycles. The highest BCUT2D eigenvalue weighted by Gasteiger charge is 2.29. The SMILES string of the molecule is COc1ccc(Cl)cc1NC(=O)C(C)OC(=O)c1cccc(N2CCCS2(=O)=O)c1. The van der Waals surface area contributed by atoms with Gasteiger partial charge >= 0.3 is 5.97 Å². The average Bonchev–Trinajstić information content (AvgIpc) is 3.07. The van der Waals surface area contributed by atoms with Crippen molar-refractivity contribution in [3.63, 3.8) is 0 Å². The van der Waals surface area contributed by atoms with Crippen LogP contribution in [0.5, 0.6) is 5.75 Å². The number of carbonyl (C=O) groups excluding carboxylic acids is 2. The molecule has 0 saturated carbocycles. The van der Waals surface area contributed by atoms with E-state index >= 15 is 0 Å². The van der Waals surface area contributed by atoms with E-state index < -0.39 is 28.0 Å². The molecule has 1 amide bonds. The number of carbonyl (C=O) groups is 2. The molecule has 1 N–H and O–H groups in total. The molecule has 1 unspecified atom stereocenters. The molecule has 10 heteroatoms. The quantitative estimate of drug-likeness (QED) is 0.676. The lowest BCUT2D eigenvalue weighted by atomic mass is 10.2. The van der Waals surface area contributed by atoms with Gasteiger partial charge in [0.25, 0.3) is 5.91 Å². The summed E-state index contributed by atoms with van der Waals surface area (Å²) in [6.07, 6.45) is -0.582. The van der Waals surface area contributed by atoms with Gasteiger partial charge in [0.2, 0.25) is 10.0 Å². The average molecular weight is 453 g/mol. The van der Waals surface area contributed by atoms with Crippen molar-refractivity contribution in [1.29, 1.82) is 0 Å². The highest BCUT2D eigenvalue weighted by Crippen LogP contribution is 2.28. The lowest BCUT2D eigenvalue weighted by Gasteiger charge is -2.18. The summed E-state index contributed by atoms with van der Waals surface area (Å²) >= 11 is 5.95. The molecule has 1 saturated heterocycles. The number of sulfonamides is 1. The molecule has 8 nitrogen and oxygen atoms in total. The zero-order valence-electron chi connectivity index (χ0n) is 16.4. The molecule has 2 aromatic rings. The lowest BCUT2D eigenvalue weighted by molar-refractivity contribution is -0.123. The van der Waals surface area contributed by atoms with Crippen molar-refractivity contribution < 1.29 is 27.5 Å². The molecule has 2 aromatic carbocycles. The summed E-state index contributed by atoms with van der Waals surface area (Å²) in [5.41, 5.74) is 0.886. The number of esters is 1. The van der Waals surface area contributed by atoms with Crippen LogP contribution in [0.15, 0.2) is 42.5 Å². The van der Waals surface area contributed by atoms with Gasteiger partial charge in [0.15, 0.2) is 6.10 Å². The number of amides is 1. The van der Waals surface area contributed by atoms with Gasteiger partial charge in [0, 0.05) is 11.6 Å². The number of hydrogen-bond donors (Lipinski definition) is 1. The van der Waals surface area contributed by atoms with E-state index in [-0.39, 0.29) is 11.3 Å². The molecule has 1 aliphatic rings. The van der Waals surface area contributed by atoms with E-state index in [0.717, 1.165) is 0 Å². The summed E-state index contributed by atoms with van der Waals surface area (Å²) in [7, 11) is -1.92. The van der Waals surface area contributed by atoms with Crippen molar-refractivity contribution in [3.8, 4) is 5.75 Å². The Morgan fingerprint density at radius 1 is 1.20 bits per heavy atom. The maximum absolute atomic E-state index is 12.5. The predicted molar refractivity (Wildman–Crippen MR) is 114 cm³/mol. The van der Waals surface area contributed by atoms with Crippen LogP contribution >= 0.6 is 11.6 Å². The maximum atomic E-state index is 12.5. The largest absolute Gasteiger partial charge is 0.495 e. The molecule has 0 aliphatic carbocycles. The van der Waals surface area contributed by atoms with Crippen molar-refractivity contribution >= 4 is 44.9 Å². The second-order valence-electron chi connectivity index (χ2n) is 6.67. The molecular formula is C20H21ClN2O6S. The minimum Gasteiger partial charge on any atom is -0.495 e. The fourth-order valence-electron chi connectivity index (χ4n) is 3.01. The minimum atomic E-state index is -3.37. The van der Waals surface area contributed by atoms with Crippen LogP contribution in [0.25, 0.3) is 0 Å². The van der Waals surface area contributed by atoms with Crippen LogP contribution in [-0.2, 0) is 19.6 Å². The van der Waals surface area contributed by atoms with Crippen LogP contribution in [0.4, 0.5) is 11.4 Å². The van der Waals surface area contributed by atoms with Gasteiger partial charge in [-0.15, -0.1) is 0 Å². The van der Waals surface area contributed by atoms with Gasteiger partial charge in [0.05, 0.1) is 29.8 Å². The fraction of sp³-hybridized carbons (Fsp3) is 0.300. The van der Waals surface area contributed by atoms with Crippen molar-refractivity contribution in [2.45, 2.75) is 19.4 Å². The second-order valence-corrected chi connectivity index (χ2v) is 9.12. The van der Waals surface area contributed by atoms with Gasteiger partial charge in [-0.3, -0.25) is 9.10 Å². The Kier molecular flexibility index (Phi) is 6.52. The Hall–Kier alpha value is -2.78. The van der Waals surface area contributed by atoms with E-state index in [4.69, 9.17) is 21.1 Å². The molecular weight excluding hydrogens is 432 g/mol. The number of benzene rings is 2. The maximum Gasteiger partial charge on any atom is 0.338 e. The van der Waals surface area contributed by atoms with E-state index in [1.807, 2.05) is 0 Å². The number of rotatable bonds is 6. The molecule has 1 atom stereocenters. The third-order valence-electron chi connectivity index (χ3n) is 4.54. The number of anilines is 2. The molecule has 3 rings (SSSR count). The van der Waals surface area contributed by atoms with Crippen molar-refractivity contribution in [2.24, 2.45) is 0 Å². The zero-order chi connectivity index (χ0) is 21.9. The summed E-state index contributed by atoms with van der Waals surface area (Å²) in [5, 5.41) is 3.02. The summed E-state index contributed by atoms with van der Waals surface area (Å²) in [5.74, 6) is -0.826. The van der Waals surface area contributed by atoms with E-state index in [2.05, 4.69) is 5.32 Å². The minimum absolute atomic E-state index is 0.0752. The Morgan fingerprint density at radius 2 is 1.97 bits per heavy atom. The summed E-state index contributed by atoms with van der Waals surface area (Å²) in [6, 6.07) is 10.9. The number of methoxy groups -OCH3 is 1. The van der Waals surface area contributed by atoms with Crippen LogP contribution in [-0.4, -0.2) is 45.8 Å². The lowest BCUT2D eigenvalue weighted by Crippen LogP contribution is -2.30. The van der Waals surface area contributed by atoms with Crippen LogP contribution in [0.1, 0.15) is 23.7 Å². The van der Waals surface area contributed by atoms with Gasteiger partial charge in [0.1, 0.15) is 5.75 Å². The topological polar surface area (TPSA) is 102 Å². The van der Waals surface area contributed by atoms with Crippen LogP contribution in [0.2, 0.25) is 5.02 Å². The predicted octanol–water partition coefficient (Wildman–Crippen LogP) is 3.07. The molecule has 160 valence electrons. The van der Waals surface area contributed by atoms with Crippen LogP contribution in [0.3, 0.4) is 0 Å². The summed E-state index contributed by atoms with van der Waals surface area (Å²) in [4.78, 5) is 24.9. The standard InChI is InChI=1S/C20H21ClN2O6S/c1-13(19(24)22-17-12-15(21)7-8-18(17)28-2)29-20(25)14-5-3-6-16(11-14)23-9-4-10-30(23,26)27/h3,5-8,11-13H,4,9-10H2,1-2H3,(H,22,24). The Labute approximate surface area is 179 Å². The van der Waals surface area contributed by atoms with Gasteiger partial charge in [-0.05, 0) is 49.7 Å². The second kappa shape index (κ2) is 8.93. The molecule has 0 radical (unpaired) electrons. The molecule has 1 heterocycles. The van der Waals surface area contributed by atoms with Crippen molar-refractivity contribution in [2.75, 3.05) is 29.0 Å². The monoisotopic (exact) mass is 452 g/mol. The molecule has 30 heavy (non-hydrogen) atoms. The molecule has 1 fully saturated rings. The Bertz CT molecular complexity index is 1070. The van der Waals surface area contributed by atoms with Crippen molar-refractivity contribution in [3.05, 3.63) is 53.1 Å². The van der Waals surface area contributed by atoms with E-state index in [1.165, 1.54) is 36.5 Å². The van der Waals surface area contributed by atoms with Crippen LogP contribution in [0, 0.1) is 0 Å². The third kappa shape index (κ3) is 4.85. The molecule has 0 spiro atoms. The van der Waals surface area contributed by atoms with E-state index in [9.17, 15) is 18.0 Å². The number of ether oxygens (including phenoxy) is 2. The first-order chi connectivity index (χ1) is 14.2. The fourth-order valence-corrected chi connectivity index (χ4v) is 4.74. The third-order valence-corrected chi connectivity index (χ3v) is 6.65. The van der Waals surface area contributed by atoms with Crippen LogP contribution < -0.4 is 14.4 Å². The first-order valence-electron chi connectivity index (χ1n) is 9.17. The van der Waals surface area contributed by atoms with Gasteiger partial charge in [-0.25, -0.2) is 13.2 Å². The number of halogens is 1. The smallest absolute Gasteiger partial charge is 0.338 e. The van der Waals surface area contributed by atoms with Gasteiger partial charge in [-0.1, -0.05) is 17.7 Å². The number of nitrogens with one attached hydrogen (secondary N) is 1. The van der Waals surface area contributed by atoms with Gasteiger partial charge < -0.3 is 14.8 Å². The molecule has 0 bridgehead atoms. The molecule has 1 aliphatic heterocycles. The number of nitrogens with zero attached hydrogens (tertiary/aromatic N) is 1.